The van der Waals surface area contributed by atoms with Gasteiger partial charge in [-0.05, 0) is 49.8 Å². The van der Waals surface area contributed by atoms with Crippen molar-refractivity contribution in [1.82, 2.24) is 10.6 Å². The summed E-state index contributed by atoms with van der Waals surface area (Å²) >= 11 is 3.51. The number of guanidine groups is 1. The second-order valence-electron chi connectivity index (χ2n) is 6.22. The van der Waals surface area contributed by atoms with E-state index in [2.05, 4.69) is 55.8 Å². The summed E-state index contributed by atoms with van der Waals surface area (Å²) in [6.07, 6.45) is 5.70. The van der Waals surface area contributed by atoms with Crippen molar-refractivity contribution in [1.29, 1.82) is 0 Å². The van der Waals surface area contributed by atoms with E-state index in [0.717, 1.165) is 69.0 Å². The number of nitrogens with zero attached hydrogens (tertiary/aromatic N) is 1. The first-order valence-electron chi connectivity index (χ1n) is 9.16. The van der Waals surface area contributed by atoms with E-state index in [9.17, 15) is 0 Å². The molecule has 26 heavy (non-hydrogen) atoms. The standard InChI is InChI=1S/C19H30BrN3O2.HI/c1-21-19(22-10-3-7-16-6-2-8-17(20)14-16)23-11-5-12-24-15-18-9-4-13-25-18;/h2,6,8,14,18H,3-5,7,9-13,15H2,1H3,(H2,21,22,23);1H. The van der Waals surface area contributed by atoms with Gasteiger partial charge in [-0.25, -0.2) is 0 Å². The first-order chi connectivity index (χ1) is 12.3. The summed E-state index contributed by atoms with van der Waals surface area (Å²) in [6.45, 7) is 4.13. The van der Waals surface area contributed by atoms with Gasteiger partial charge in [-0.15, -0.1) is 24.0 Å². The molecule has 7 heteroatoms. The molecule has 0 bridgehead atoms. The fourth-order valence-electron chi connectivity index (χ4n) is 2.78. The zero-order valence-corrected chi connectivity index (χ0v) is 19.4. The Labute approximate surface area is 182 Å². The van der Waals surface area contributed by atoms with Gasteiger partial charge in [0.2, 0.25) is 0 Å². The first kappa shape index (κ1) is 23.7. The van der Waals surface area contributed by atoms with E-state index in [1.807, 2.05) is 0 Å². The fourth-order valence-corrected chi connectivity index (χ4v) is 3.23. The molecule has 0 aromatic heterocycles. The van der Waals surface area contributed by atoms with E-state index in [0.29, 0.717) is 6.10 Å². The number of ether oxygens (including phenoxy) is 2. The van der Waals surface area contributed by atoms with Gasteiger partial charge in [-0.1, -0.05) is 28.1 Å². The second-order valence-corrected chi connectivity index (χ2v) is 7.14. The van der Waals surface area contributed by atoms with Crippen LogP contribution in [0.25, 0.3) is 0 Å². The molecular formula is C19H31BrIN3O2. The largest absolute Gasteiger partial charge is 0.379 e. The highest BCUT2D eigenvalue weighted by Crippen LogP contribution is 2.13. The lowest BCUT2D eigenvalue weighted by atomic mass is 10.1. The normalized spacial score (nSPS) is 17.0. The van der Waals surface area contributed by atoms with E-state index < -0.39 is 0 Å². The van der Waals surface area contributed by atoms with Gasteiger partial charge in [-0.2, -0.15) is 0 Å². The molecule has 2 N–H and O–H groups in total. The molecule has 1 atom stereocenters. The molecule has 0 spiro atoms. The molecule has 1 saturated heterocycles. The number of rotatable bonds is 10. The van der Waals surface area contributed by atoms with Crippen molar-refractivity contribution in [2.24, 2.45) is 4.99 Å². The third-order valence-electron chi connectivity index (χ3n) is 4.13. The monoisotopic (exact) mass is 539 g/mol. The molecule has 0 aliphatic carbocycles. The summed E-state index contributed by atoms with van der Waals surface area (Å²) in [5.41, 5.74) is 1.35. The van der Waals surface area contributed by atoms with Crippen molar-refractivity contribution in [2.75, 3.05) is 40.0 Å². The van der Waals surface area contributed by atoms with E-state index in [-0.39, 0.29) is 24.0 Å². The van der Waals surface area contributed by atoms with Crippen molar-refractivity contribution in [3.8, 4) is 0 Å². The number of nitrogens with one attached hydrogen (secondary N) is 2. The van der Waals surface area contributed by atoms with Crippen LogP contribution in [0.4, 0.5) is 0 Å². The molecule has 1 aliphatic rings. The third-order valence-corrected chi connectivity index (χ3v) is 4.63. The average Bonchev–Trinajstić information content (AvgIpc) is 3.13. The molecule has 1 aromatic rings. The molecular weight excluding hydrogens is 509 g/mol. The lowest BCUT2D eigenvalue weighted by Gasteiger charge is -2.13. The Hall–Kier alpha value is -0.380. The molecule has 5 nitrogen and oxygen atoms in total. The van der Waals surface area contributed by atoms with Gasteiger partial charge in [0.25, 0.3) is 0 Å². The zero-order chi connectivity index (χ0) is 17.7. The van der Waals surface area contributed by atoms with Crippen molar-refractivity contribution >= 4 is 45.9 Å². The minimum Gasteiger partial charge on any atom is -0.379 e. The van der Waals surface area contributed by atoms with Crippen LogP contribution in [0.15, 0.2) is 33.7 Å². The molecule has 0 saturated carbocycles. The summed E-state index contributed by atoms with van der Waals surface area (Å²) in [5.74, 6) is 0.855. The molecule has 148 valence electrons. The summed E-state index contributed by atoms with van der Waals surface area (Å²) in [5, 5.41) is 6.68. The number of aliphatic imine (C=N–C) groups is 1. The molecule has 0 amide bonds. The van der Waals surface area contributed by atoms with Crippen LogP contribution in [0.3, 0.4) is 0 Å². The molecule has 0 radical (unpaired) electrons. The van der Waals surface area contributed by atoms with Gasteiger partial charge in [0, 0.05) is 37.8 Å². The number of aryl methyl sites for hydroxylation is 1. The average molecular weight is 540 g/mol. The van der Waals surface area contributed by atoms with Crippen LogP contribution < -0.4 is 10.6 Å². The fraction of sp³-hybridized carbons (Fsp3) is 0.632. The number of hydrogen-bond donors (Lipinski definition) is 2. The van der Waals surface area contributed by atoms with E-state index in [1.165, 1.54) is 12.0 Å². The lowest BCUT2D eigenvalue weighted by molar-refractivity contribution is 0.0168. The van der Waals surface area contributed by atoms with Crippen LogP contribution in [-0.4, -0.2) is 52.0 Å². The highest BCUT2D eigenvalue weighted by atomic mass is 127. The zero-order valence-electron chi connectivity index (χ0n) is 15.5. The maximum absolute atomic E-state index is 5.66. The van der Waals surface area contributed by atoms with Crippen LogP contribution in [0.2, 0.25) is 0 Å². The first-order valence-corrected chi connectivity index (χ1v) is 9.95. The smallest absolute Gasteiger partial charge is 0.190 e. The van der Waals surface area contributed by atoms with Crippen LogP contribution in [0.5, 0.6) is 0 Å². The predicted octanol–water partition coefficient (Wildman–Crippen LogP) is 3.75. The minimum atomic E-state index is 0. The quantitative estimate of drug-likeness (QED) is 0.206. The Bertz CT molecular complexity index is 525. The van der Waals surface area contributed by atoms with Crippen molar-refractivity contribution in [3.05, 3.63) is 34.3 Å². The van der Waals surface area contributed by atoms with E-state index >= 15 is 0 Å². The van der Waals surface area contributed by atoms with Crippen molar-refractivity contribution in [2.45, 2.75) is 38.2 Å². The molecule has 1 fully saturated rings. The van der Waals surface area contributed by atoms with Crippen molar-refractivity contribution < 1.29 is 9.47 Å². The van der Waals surface area contributed by atoms with E-state index in [1.54, 1.807) is 7.05 Å². The van der Waals surface area contributed by atoms with Gasteiger partial charge in [-0.3, -0.25) is 4.99 Å². The summed E-state index contributed by atoms with van der Waals surface area (Å²) in [7, 11) is 1.80. The van der Waals surface area contributed by atoms with Gasteiger partial charge >= 0.3 is 0 Å². The molecule has 1 heterocycles. The number of halogens is 2. The molecule has 2 rings (SSSR count). The molecule has 1 aliphatic heterocycles. The summed E-state index contributed by atoms with van der Waals surface area (Å²) < 4.78 is 12.3. The van der Waals surface area contributed by atoms with Gasteiger partial charge < -0.3 is 20.1 Å². The maximum atomic E-state index is 5.66. The third kappa shape index (κ3) is 10.1. The summed E-state index contributed by atoms with van der Waals surface area (Å²) in [4.78, 5) is 4.25. The highest BCUT2D eigenvalue weighted by Gasteiger charge is 2.14. The lowest BCUT2D eigenvalue weighted by Crippen LogP contribution is -2.38. The Morgan fingerprint density at radius 1 is 1.31 bits per heavy atom. The Balaban J connectivity index is 0.00000338. The maximum Gasteiger partial charge on any atom is 0.190 e. The van der Waals surface area contributed by atoms with Gasteiger partial charge in [0.1, 0.15) is 0 Å². The van der Waals surface area contributed by atoms with Crippen molar-refractivity contribution in [3.63, 3.8) is 0 Å². The number of hydrogen-bond acceptors (Lipinski definition) is 3. The van der Waals surface area contributed by atoms with Gasteiger partial charge in [0.15, 0.2) is 5.96 Å². The number of benzene rings is 1. The molecule has 1 aromatic carbocycles. The van der Waals surface area contributed by atoms with E-state index in [4.69, 9.17) is 9.47 Å². The Morgan fingerprint density at radius 2 is 2.12 bits per heavy atom. The topological polar surface area (TPSA) is 54.9 Å². The summed E-state index contributed by atoms with van der Waals surface area (Å²) in [6, 6.07) is 8.46. The van der Waals surface area contributed by atoms with Crippen LogP contribution in [0, 0.1) is 0 Å². The van der Waals surface area contributed by atoms with Crippen LogP contribution in [-0.2, 0) is 15.9 Å². The van der Waals surface area contributed by atoms with Crippen LogP contribution >= 0.6 is 39.9 Å². The Morgan fingerprint density at radius 3 is 2.81 bits per heavy atom. The van der Waals surface area contributed by atoms with Gasteiger partial charge in [0.05, 0.1) is 12.7 Å². The predicted molar refractivity (Wildman–Crippen MR) is 122 cm³/mol. The second kappa shape index (κ2) is 14.6. The highest BCUT2D eigenvalue weighted by molar-refractivity contribution is 14.0. The SMILES string of the molecule is CN=C(NCCCOCC1CCCO1)NCCCc1cccc(Br)c1.I. The Kier molecular flexibility index (Phi) is 13.3. The molecule has 1 unspecified atom stereocenters. The van der Waals surface area contributed by atoms with Crippen LogP contribution in [0.1, 0.15) is 31.2 Å². The minimum absolute atomic E-state index is 0.